The average molecular weight is 397 g/mol. The lowest BCUT2D eigenvalue weighted by atomic mass is 10.1. The number of hydrogen-bond acceptors (Lipinski definition) is 4. The highest BCUT2D eigenvalue weighted by atomic mass is 32.2. The monoisotopic (exact) mass is 396 g/mol. The van der Waals surface area contributed by atoms with Crippen LogP contribution < -0.4 is 9.46 Å². The van der Waals surface area contributed by atoms with Crippen molar-refractivity contribution in [1.29, 1.82) is 0 Å². The molecule has 1 amide bonds. The SMILES string of the molecule is COc1ccc(C(=O)N(C)C2CCCCCC2)cc1S(=O)(=O)NC(C)(C)C. The van der Waals surface area contributed by atoms with E-state index in [2.05, 4.69) is 4.72 Å². The number of nitrogens with zero attached hydrogens (tertiary/aromatic N) is 1. The number of benzene rings is 1. The van der Waals surface area contributed by atoms with Crippen molar-refractivity contribution < 1.29 is 17.9 Å². The molecule has 1 aliphatic carbocycles. The van der Waals surface area contributed by atoms with E-state index in [1.165, 1.54) is 26.0 Å². The van der Waals surface area contributed by atoms with Gasteiger partial charge in [0.1, 0.15) is 10.6 Å². The van der Waals surface area contributed by atoms with Crippen molar-refractivity contribution in [2.45, 2.75) is 75.8 Å². The zero-order chi connectivity index (χ0) is 20.2. The van der Waals surface area contributed by atoms with E-state index in [1.54, 1.807) is 37.8 Å². The van der Waals surface area contributed by atoms with Crippen molar-refractivity contribution in [2.24, 2.45) is 0 Å². The van der Waals surface area contributed by atoms with Gasteiger partial charge in [-0.15, -0.1) is 0 Å². The maximum Gasteiger partial charge on any atom is 0.253 e. The molecule has 0 saturated heterocycles. The van der Waals surface area contributed by atoms with Crippen LogP contribution in [0.4, 0.5) is 0 Å². The van der Waals surface area contributed by atoms with Crippen LogP contribution in [-0.4, -0.2) is 45.0 Å². The summed E-state index contributed by atoms with van der Waals surface area (Å²) in [4.78, 5) is 14.7. The maximum atomic E-state index is 13.0. The van der Waals surface area contributed by atoms with Crippen molar-refractivity contribution in [3.05, 3.63) is 23.8 Å². The van der Waals surface area contributed by atoms with Crippen LogP contribution in [0.2, 0.25) is 0 Å². The number of nitrogens with one attached hydrogen (secondary N) is 1. The van der Waals surface area contributed by atoms with Gasteiger partial charge in [0.25, 0.3) is 5.91 Å². The molecular formula is C20H32N2O4S. The number of sulfonamides is 1. The summed E-state index contributed by atoms with van der Waals surface area (Å²) < 4.78 is 33.5. The third kappa shape index (κ3) is 5.69. The fourth-order valence-corrected chi connectivity index (χ4v) is 5.11. The van der Waals surface area contributed by atoms with Gasteiger partial charge in [0.2, 0.25) is 10.0 Å². The Hall–Kier alpha value is -1.60. The van der Waals surface area contributed by atoms with Crippen LogP contribution in [0.15, 0.2) is 23.1 Å². The van der Waals surface area contributed by atoms with E-state index in [9.17, 15) is 13.2 Å². The topological polar surface area (TPSA) is 75.7 Å². The number of methoxy groups -OCH3 is 1. The Balaban J connectivity index is 2.34. The molecule has 1 aromatic carbocycles. The van der Waals surface area contributed by atoms with E-state index in [1.807, 2.05) is 7.05 Å². The van der Waals surface area contributed by atoms with Crippen molar-refractivity contribution in [2.75, 3.05) is 14.2 Å². The van der Waals surface area contributed by atoms with Gasteiger partial charge >= 0.3 is 0 Å². The molecule has 1 aromatic rings. The quantitative estimate of drug-likeness (QED) is 0.772. The second-order valence-electron chi connectivity index (χ2n) is 8.28. The molecule has 0 atom stereocenters. The highest BCUT2D eigenvalue weighted by Gasteiger charge is 2.28. The summed E-state index contributed by atoms with van der Waals surface area (Å²) in [6.45, 7) is 5.31. The van der Waals surface area contributed by atoms with Gasteiger partial charge in [0, 0.05) is 24.2 Å². The number of hydrogen-bond donors (Lipinski definition) is 1. The van der Waals surface area contributed by atoms with E-state index in [0.717, 1.165) is 25.7 Å². The number of rotatable bonds is 5. The lowest BCUT2D eigenvalue weighted by Gasteiger charge is -2.27. The van der Waals surface area contributed by atoms with Crippen LogP contribution >= 0.6 is 0 Å². The van der Waals surface area contributed by atoms with E-state index < -0.39 is 15.6 Å². The van der Waals surface area contributed by atoms with Gasteiger partial charge in [-0.25, -0.2) is 13.1 Å². The summed E-state index contributed by atoms with van der Waals surface area (Å²) >= 11 is 0. The van der Waals surface area contributed by atoms with Crippen LogP contribution in [0, 0.1) is 0 Å². The molecule has 0 aromatic heterocycles. The van der Waals surface area contributed by atoms with Crippen LogP contribution in [0.1, 0.15) is 69.7 Å². The third-order valence-corrected chi connectivity index (χ3v) is 6.61. The van der Waals surface area contributed by atoms with E-state index >= 15 is 0 Å². The van der Waals surface area contributed by atoms with Gasteiger partial charge in [-0.1, -0.05) is 25.7 Å². The largest absolute Gasteiger partial charge is 0.495 e. The molecule has 0 bridgehead atoms. The minimum absolute atomic E-state index is 0.0139. The van der Waals surface area contributed by atoms with E-state index in [-0.39, 0.29) is 22.6 Å². The molecule has 1 fully saturated rings. The molecule has 7 heteroatoms. The Morgan fingerprint density at radius 1 is 1.15 bits per heavy atom. The summed E-state index contributed by atoms with van der Waals surface area (Å²) in [7, 11) is -0.588. The number of ether oxygens (including phenoxy) is 1. The lowest BCUT2D eigenvalue weighted by Crippen LogP contribution is -2.41. The first-order chi connectivity index (χ1) is 12.5. The first-order valence-corrected chi connectivity index (χ1v) is 11.0. The Morgan fingerprint density at radius 3 is 2.26 bits per heavy atom. The fraction of sp³-hybridized carbons (Fsp3) is 0.650. The molecule has 1 N–H and O–H groups in total. The Morgan fingerprint density at radius 2 is 1.74 bits per heavy atom. The maximum absolute atomic E-state index is 13.0. The molecular weight excluding hydrogens is 364 g/mol. The number of carbonyl (C=O) groups excluding carboxylic acids is 1. The second-order valence-corrected chi connectivity index (χ2v) is 9.93. The summed E-state index contributed by atoms with van der Waals surface area (Å²) in [5.41, 5.74) is -0.280. The van der Waals surface area contributed by atoms with Crippen LogP contribution in [0.3, 0.4) is 0 Å². The van der Waals surface area contributed by atoms with Crippen molar-refractivity contribution in [3.63, 3.8) is 0 Å². The van der Waals surface area contributed by atoms with Gasteiger partial charge in [-0.2, -0.15) is 0 Å². The van der Waals surface area contributed by atoms with Gasteiger partial charge in [0.15, 0.2) is 0 Å². The number of amides is 1. The summed E-state index contributed by atoms with van der Waals surface area (Å²) in [5, 5.41) is 0. The molecule has 0 unspecified atom stereocenters. The summed E-state index contributed by atoms with van der Waals surface area (Å²) in [6, 6.07) is 4.80. The Labute approximate surface area is 163 Å². The van der Waals surface area contributed by atoms with Crippen molar-refractivity contribution in [3.8, 4) is 5.75 Å². The molecule has 1 aliphatic rings. The van der Waals surface area contributed by atoms with Gasteiger partial charge in [-0.3, -0.25) is 4.79 Å². The third-order valence-electron chi connectivity index (χ3n) is 4.83. The van der Waals surface area contributed by atoms with Gasteiger partial charge in [0.05, 0.1) is 7.11 Å². The zero-order valence-electron chi connectivity index (χ0n) is 17.0. The predicted octanol–water partition coefficient (Wildman–Crippen LogP) is 3.57. The highest BCUT2D eigenvalue weighted by molar-refractivity contribution is 7.89. The first kappa shape index (κ1) is 21.7. The first-order valence-electron chi connectivity index (χ1n) is 9.54. The standard InChI is InChI=1S/C20H32N2O4S/c1-20(2,3)21-27(24,25)18-14-15(12-13-17(18)26-5)19(23)22(4)16-10-8-6-7-9-11-16/h12-14,16,21H,6-11H2,1-5H3. The van der Waals surface area contributed by atoms with Crippen LogP contribution in [-0.2, 0) is 10.0 Å². The average Bonchev–Trinajstić information content (AvgIpc) is 2.87. The summed E-state index contributed by atoms with van der Waals surface area (Å²) in [5.74, 6) is 0.0668. The van der Waals surface area contributed by atoms with Gasteiger partial charge < -0.3 is 9.64 Å². The molecule has 0 heterocycles. The van der Waals surface area contributed by atoms with Crippen molar-refractivity contribution in [1.82, 2.24) is 9.62 Å². The van der Waals surface area contributed by atoms with Crippen molar-refractivity contribution >= 4 is 15.9 Å². The smallest absolute Gasteiger partial charge is 0.253 e. The molecule has 1 saturated carbocycles. The van der Waals surface area contributed by atoms with E-state index in [0.29, 0.717) is 5.56 Å². The molecule has 6 nitrogen and oxygen atoms in total. The highest BCUT2D eigenvalue weighted by Crippen LogP contribution is 2.28. The minimum Gasteiger partial charge on any atom is -0.495 e. The van der Waals surface area contributed by atoms with Gasteiger partial charge in [-0.05, 0) is 51.8 Å². The van der Waals surface area contributed by atoms with E-state index in [4.69, 9.17) is 4.74 Å². The Bertz CT molecular complexity index is 761. The molecule has 27 heavy (non-hydrogen) atoms. The zero-order valence-corrected chi connectivity index (χ0v) is 17.9. The molecule has 0 radical (unpaired) electrons. The Kier molecular flexibility index (Phi) is 6.92. The van der Waals surface area contributed by atoms with Crippen LogP contribution in [0.25, 0.3) is 0 Å². The molecule has 0 spiro atoms. The minimum atomic E-state index is -3.82. The number of carbonyl (C=O) groups is 1. The molecule has 2 rings (SSSR count). The molecule has 152 valence electrons. The fourth-order valence-electron chi connectivity index (χ4n) is 3.49. The van der Waals surface area contributed by atoms with Crippen LogP contribution in [0.5, 0.6) is 5.75 Å². The molecule has 0 aliphatic heterocycles. The second kappa shape index (κ2) is 8.61. The lowest BCUT2D eigenvalue weighted by molar-refractivity contribution is 0.0717. The normalized spacial score (nSPS) is 16.6. The summed E-state index contributed by atoms with van der Waals surface area (Å²) in [6.07, 6.45) is 6.66. The predicted molar refractivity (Wildman–Crippen MR) is 107 cm³/mol.